The van der Waals surface area contributed by atoms with Gasteiger partial charge in [-0.25, -0.2) is 9.97 Å². The maximum absolute atomic E-state index is 9.70. The van der Waals surface area contributed by atoms with E-state index in [4.69, 9.17) is 9.72 Å². The third-order valence-electron chi connectivity index (χ3n) is 5.84. The summed E-state index contributed by atoms with van der Waals surface area (Å²) in [5.74, 6) is 2.81. The zero-order valence-electron chi connectivity index (χ0n) is 18.9. The van der Waals surface area contributed by atoms with Crippen LogP contribution >= 0.6 is 0 Å². The number of aliphatic hydroxyl groups is 1. The molecule has 3 heterocycles. The number of pyridine rings is 2. The van der Waals surface area contributed by atoms with Gasteiger partial charge in [0.15, 0.2) is 0 Å². The zero-order valence-corrected chi connectivity index (χ0v) is 18.9. The van der Waals surface area contributed by atoms with Crippen molar-refractivity contribution in [3.8, 4) is 5.75 Å². The van der Waals surface area contributed by atoms with Gasteiger partial charge in [0.25, 0.3) is 0 Å². The van der Waals surface area contributed by atoms with Crippen LogP contribution in [0.1, 0.15) is 48.2 Å². The summed E-state index contributed by atoms with van der Waals surface area (Å²) in [4.78, 5) is 11.9. The van der Waals surface area contributed by atoms with Gasteiger partial charge in [0, 0.05) is 36.0 Å². The molecule has 1 saturated heterocycles. The number of anilines is 2. The molecule has 0 saturated carbocycles. The molecule has 2 aromatic heterocycles. The summed E-state index contributed by atoms with van der Waals surface area (Å²) in [5.41, 5.74) is 4.15. The monoisotopic (exact) mass is 432 g/mol. The summed E-state index contributed by atoms with van der Waals surface area (Å²) in [6.45, 7) is 7.44. The van der Waals surface area contributed by atoms with Gasteiger partial charge in [0.1, 0.15) is 17.4 Å². The van der Waals surface area contributed by atoms with E-state index < -0.39 is 0 Å². The van der Waals surface area contributed by atoms with Gasteiger partial charge in [0.05, 0.1) is 13.2 Å². The van der Waals surface area contributed by atoms with Crippen molar-refractivity contribution in [3.05, 3.63) is 77.1 Å². The van der Waals surface area contributed by atoms with E-state index >= 15 is 0 Å². The average molecular weight is 433 g/mol. The molecule has 0 amide bonds. The molecule has 0 radical (unpaired) electrons. The molecule has 3 aromatic rings. The number of benzene rings is 1. The second kappa shape index (κ2) is 10.6. The number of piperidine rings is 1. The molecule has 0 unspecified atom stereocenters. The van der Waals surface area contributed by atoms with Crippen LogP contribution in [-0.2, 0) is 13.2 Å². The van der Waals surface area contributed by atoms with E-state index in [1.165, 1.54) is 5.56 Å². The molecule has 0 spiro atoms. The van der Waals surface area contributed by atoms with E-state index in [2.05, 4.69) is 39.5 Å². The van der Waals surface area contributed by atoms with E-state index in [1.807, 2.05) is 44.2 Å². The topological polar surface area (TPSA) is 70.5 Å². The lowest BCUT2D eigenvalue weighted by Gasteiger charge is -2.32. The molecular formula is C26H32N4O2. The average Bonchev–Trinajstić information content (AvgIpc) is 2.80. The van der Waals surface area contributed by atoms with Crippen LogP contribution in [0.5, 0.6) is 5.75 Å². The van der Waals surface area contributed by atoms with Crippen LogP contribution in [0.3, 0.4) is 0 Å². The Morgan fingerprint density at radius 3 is 2.69 bits per heavy atom. The fourth-order valence-electron chi connectivity index (χ4n) is 4.34. The fraction of sp³-hybridized carbons (Fsp3) is 0.385. The lowest BCUT2D eigenvalue weighted by molar-refractivity contribution is 0.198. The smallest absolute Gasteiger partial charge is 0.131 e. The van der Waals surface area contributed by atoms with E-state index in [0.29, 0.717) is 12.5 Å². The van der Waals surface area contributed by atoms with Crippen LogP contribution in [0.25, 0.3) is 0 Å². The highest BCUT2D eigenvalue weighted by molar-refractivity contribution is 5.51. The van der Waals surface area contributed by atoms with Crippen molar-refractivity contribution >= 4 is 11.6 Å². The fourth-order valence-corrected chi connectivity index (χ4v) is 4.34. The molecule has 6 nitrogen and oxygen atoms in total. The maximum Gasteiger partial charge on any atom is 0.131 e. The van der Waals surface area contributed by atoms with E-state index in [9.17, 15) is 5.11 Å². The molecule has 1 fully saturated rings. The molecule has 32 heavy (non-hydrogen) atoms. The van der Waals surface area contributed by atoms with Crippen molar-refractivity contribution in [1.29, 1.82) is 0 Å². The maximum atomic E-state index is 9.70. The van der Waals surface area contributed by atoms with Gasteiger partial charge in [-0.3, -0.25) is 4.90 Å². The number of rotatable bonds is 8. The van der Waals surface area contributed by atoms with Crippen molar-refractivity contribution in [2.75, 3.05) is 25.0 Å². The molecule has 1 atom stereocenters. The molecule has 1 aliphatic rings. The molecule has 6 heteroatoms. The number of aryl methyl sites for hydroxylation is 1. The SMILES string of the molecule is CCOc1ccc(CN2CCC[C@H](c3cccc(Nc4cccc(C)n4)n3)C2)cc1CO. The molecular weight excluding hydrogens is 400 g/mol. The first kappa shape index (κ1) is 22.2. The van der Waals surface area contributed by atoms with Crippen molar-refractivity contribution in [2.45, 2.75) is 45.8 Å². The molecule has 0 bridgehead atoms. The van der Waals surface area contributed by atoms with Crippen LogP contribution < -0.4 is 10.1 Å². The molecule has 1 aliphatic heterocycles. The van der Waals surface area contributed by atoms with Crippen molar-refractivity contribution in [3.63, 3.8) is 0 Å². The van der Waals surface area contributed by atoms with Gasteiger partial charge in [-0.2, -0.15) is 0 Å². The number of likely N-dealkylation sites (tertiary alicyclic amines) is 1. The summed E-state index contributed by atoms with van der Waals surface area (Å²) >= 11 is 0. The van der Waals surface area contributed by atoms with Gasteiger partial charge in [-0.1, -0.05) is 18.2 Å². The van der Waals surface area contributed by atoms with Gasteiger partial charge in [0.2, 0.25) is 0 Å². The summed E-state index contributed by atoms with van der Waals surface area (Å²) in [7, 11) is 0. The number of hydrogen-bond donors (Lipinski definition) is 2. The van der Waals surface area contributed by atoms with Crippen LogP contribution in [-0.4, -0.2) is 39.7 Å². The highest BCUT2D eigenvalue weighted by Gasteiger charge is 2.23. The molecule has 0 aliphatic carbocycles. The minimum Gasteiger partial charge on any atom is -0.494 e. The molecule has 2 N–H and O–H groups in total. The van der Waals surface area contributed by atoms with Crippen LogP contribution in [0, 0.1) is 6.92 Å². The standard InChI is InChI=1S/C26H32N4O2/c1-3-32-24-13-12-20(15-22(24)18-31)16-30-14-6-8-21(17-30)23-9-5-11-26(28-23)29-25-10-4-7-19(2)27-25/h4-5,7,9-13,15,21,31H,3,6,8,14,16-18H2,1-2H3,(H,27,28,29)/t21-/m0/s1. The Hall–Kier alpha value is -2.96. The third-order valence-corrected chi connectivity index (χ3v) is 5.84. The summed E-state index contributed by atoms with van der Waals surface area (Å²) in [6.07, 6.45) is 2.29. The van der Waals surface area contributed by atoms with Crippen LogP contribution in [0.2, 0.25) is 0 Å². The quantitative estimate of drug-likeness (QED) is 0.533. The van der Waals surface area contributed by atoms with Gasteiger partial charge in [-0.15, -0.1) is 0 Å². The Kier molecular flexibility index (Phi) is 7.35. The predicted octanol–water partition coefficient (Wildman–Crippen LogP) is 4.80. The Morgan fingerprint density at radius 1 is 1.09 bits per heavy atom. The Balaban J connectivity index is 1.43. The minimum absolute atomic E-state index is 0.00862. The van der Waals surface area contributed by atoms with Crippen LogP contribution in [0.4, 0.5) is 11.6 Å². The molecule has 1 aromatic carbocycles. The van der Waals surface area contributed by atoms with Crippen LogP contribution in [0.15, 0.2) is 54.6 Å². The number of ether oxygens (including phenoxy) is 1. The lowest BCUT2D eigenvalue weighted by atomic mass is 9.94. The van der Waals surface area contributed by atoms with E-state index in [1.54, 1.807) is 0 Å². The Labute approximate surface area is 190 Å². The number of aromatic nitrogens is 2. The number of aliphatic hydroxyl groups excluding tert-OH is 1. The Bertz CT molecular complexity index is 1040. The van der Waals surface area contributed by atoms with Gasteiger partial charge in [-0.05, 0) is 75.2 Å². The minimum atomic E-state index is -0.00862. The van der Waals surface area contributed by atoms with Crippen molar-refractivity contribution < 1.29 is 9.84 Å². The van der Waals surface area contributed by atoms with E-state index in [0.717, 1.165) is 66.8 Å². The van der Waals surface area contributed by atoms with Gasteiger partial charge >= 0.3 is 0 Å². The van der Waals surface area contributed by atoms with E-state index in [-0.39, 0.29) is 6.61 Å². The second-order valence-corrected chi connectivity index (χ2v) is 8.34. The number of nitrogens with zero attached hydrogens (tertiary/aromatic N) is 3. The normalized spacial score (nSPS) is 16.7. The Morgan fingerprint density at radius 2 is 1.91 bits per heavy atom. The second-order valence-electron chi connectivity index (χ2n) is 8.34. The first-order valence-electron chi connectivity index (χ1n) is 11.4. The lowest BCUT2D eigenvalue weighted by Crippen LogP contribution is -2.34. The summed E-state index contributed by atoms with van der Waals surface area (Å²) < 4.78 is 5.62. The predicted molar refractivity (Wildman–Crippen MR) is 127 cm³/mol. The molecule has 168 valence electrons. The highest BCUT2D eigenvalue weighted by atomic mass is 16.5. The highest BCUT2D eigenvalue weighted by Crippen LogP contribution is 2.29. The van der Waals surface area contributed by atoms with Crippen molar-refractivity contribution in [1.82, 2.24) is 14.9 Å². The third kappa shape index (κ3) is 5.64. The first-order chi connectivity index (χ1) is 15.6. The largest absolute Gasteiger partial charge is 0.494 e. The number of hydrogen-bond acceptors (Lipinski definition) is 6. The van der Waals surface area contributed by atoms with Crippen molar-refractivity contribution in [2.24, 2.45) is 0 Å². The summed E-state index contributed by atoms with van der Waals surface area (Å²) in [6, 6.07) is 18.3. The van der Waals surface area contributed by atoms with Gasteiger partial charge < -0.3 is 15.2 Å². The summed E-state index contributed by atoms with van der Waals surface area (Å²) in [5, 5.41) is 13.0. The first-order valence-corrected chi connectivity index (χ1v) is 11.4. The number of nitrogens with one attached hydrogen (secondary N) is 1. The zero-order chi connectivity index (χ0) is 22.3. The molecule has 4 rings (SSSR count).